The van der Waals surface area contributed by atoms with E-state index in [9.17, 15) is 4.79 Å². The van der Waals surface area contributed by atoms with Gasteiger partial charge in [0, 0.05) is 11.3 Å². The first-order chi connectivity index (χ1) is 10.1. The van der Waals surface area contributed by atoms with Gasteiger partial charge in [0.15, 0.2) is 0 Å². The molecule has 106 valence electrons. The zero-order valence-electron chi connectivity index (χ0n) is 12.0. The zero-order chi connectivity index (χ0) is 15.2. The van der Waals surface area contributed by atoms with Gasteiger partial charge in [-0.05, 0) is 38.1 Å². The molecule has 1 aromatic heterocycles. The Labute approximate surface area is 123 Å². The number of hydrogen-bond donors (Lipinski definition) is 2. The van der Waals surface area contributed by atoms with Crippen molar-refractivity contribution < 1.29 is 9.90 Å². The predicted octanol–water partition coefficient (Wildman–Crippen LogP) is 2.29. The van der Waals surface area contributed by atoms with Crippen LogP contribution in [0.25, 0.3) is 0 Å². The Morgan fingerprint density at radius 1 is 1.29 bits per heavy atom. The van der Waals surface area contributed by atoms with Crippen molar-refractivity contribution in [2.75, 3.05) is 11.9 Å². The molecule has 2 N–H and O–H groups in total. The topological polar surface area (TPSA) is 62.2 Å². The van der Waals surface area contributed by atoms with Crippen LogP contribution < -0.4 is 5.32 Å². The number of benzene rings is 1. The number of nitrogens with one attached hydrogen (secondary N) is 1. The van der Waals surface area contributed by atoms with Crippen LogP contribution in [0.4, 0.5) is 5.69 Å². The molecule has 1 heterocycles. The minimum atomic E-state index is -0.244. The molecule has 0 fully saturated rings. The maximum Gasteiger partial charge on any atom is 0.256 e. The summed E-state index contributed by atoms with van der Waals surface area (Å²) in [4.78, 5) is 16.5. The molecule has 0 aliphatic rings. The summed E-state index contributed by atoms with van der Waals surface area (Å²) >= 11 is 0. The number of pyridine rings is 1. The van der Waals surface area contributed by atoms with Crippen LogP contribution in [0.3, 0.4) is 0 Å². The Balaban J connectivity index is 2.29. The molecular weight excluding hydrogens is 264 g/mol. The number of anilines is 1. The number of hydrogen-bond acceptors (Lipinski definition) is 3. The van der Waals surface area contributed by atoms with Crippen LogP contribution in [0.15, 0.2) is 36.5 Å². The summed E-state index contributed by atoms with van der Waals surface area (Å²) < 4.78 is 0. The van der Waals surface area contributed by atoms with Gasteiger partial charge in [0.25, 0.3) is 5.91 Å². The van der Waals surface area contributed by atoms with Crippen molar-refractivity contribution in [1.82, 2.24) is 4.98 Å². The summed E-state index contributed by atoms with van der Waals surface area (Å²) in [6.45, 7) is 3.55. The van der Waals surface area contributed by atoms with Crippen LogP contribution in [0.2, 0.25) is 0 Å². The van der Waals surface area contributed by atoms with Gasteiger partial charge in [0.2, 0.25) is 0 Å². The van der Waals surface area contributed by atoms with Gasteiger partial charge in [-0.2, -0.15) is 0 Å². The van der Waals surface area contributed by atoms with Crippen LogP contribution in [-0.4, -0.2) is 22.6 Å². The van der Waals surface area contributed by atoms with Gasteiger partial charge in [0.05, 0.1) is 17.4 Å². The molecule has 0 saturated heterocycles. The first-order valence-electron chi connectivity index (χ1n) is 6.54. The van der Waals surface area contributed by atoms with E-state index in [1.165, 1.54) is 0 Å². The van der Waals surface area contributed by atoms with Crippen molar-refractivity contribution in [1.29, 1.82) is 0 Å². The molecule has 0 spiro atoms. The van der Waals surface area contributed by atoms with E-state index < -0.39 is 0 Å². The zero-order valence-corrected chi connectivity index (χ0v) is 12.0. The molecule has 0 bridgehead atoms. The summed E-state index contributed by atoms with van der Waals surface area (Å²) in [5.41, 5.74) is 3.56. The number of carbonyl (C=O) groups is 1. The van der Waals surface area contributed by atoms with E-state index in [0.717, 1.165) is 11.3 Å². The lowest BCUT2D eigenvalue weighted by molar-refractivity contribution is 0.102. The summed E-state index contributed by atoms with van der Waals surface area (Å²) in [7, 11) is 0. The SMILES string of the molecule is Cc1ccc(C#CCO)c(C(=O)Nc2ccc(C)nc2)c1. The van der Waals surface area contributed by atoms with Crippen molar-refractivity contribution in [3.63, 3.8) is 0 Å². The highest BCUT2D eigenvalue weighted by atomic mass is 16.2. The minimum Gasteiger partial charge on any atom is -0.384 e. The second kappa shape index (κ2) is 6.69. The van der Waals surface area contributed by atoms with Gasteiger partial charge in [-0.15, -0.1) is 0 Å². The summed E-state index contributed by atoms with van der Waals surface area (Å²) in [6, 6.07) is 9.07. The Kier molecular flexibility index (Phi) is 4.70. The molecule has 0 aliphatic carbocycles. The van der Waals surface area contributed by atoms with Crippen LogP contribution in [0.5, 0.6) is 0 Å². The van der Waals surface area contributed by atoms with Crippen molar-refractivity contribution in [2.45, 2.75) is 13.8 Å². The number of amides is 1. The molecule has 21 heavy (non-hydrogen) atoms. The highest BCUT2D eigenvalue weighted by Gasteiger charge is 2.11. The minimum absolute atomic E-state index is 0.239. The fourth-order valence-corrected chi connectivity index (χ4v) is 1.83. The average molecular weight is 280 g/mol. The van der Waals surface area contributed by atoms with E-state index in [4.69, 9.17) is 5.11 Å². The Bertz CT molecular complexity index is 710. The first kappa shape index (κ1) is 14.8. The second-order valence-corrected chi connectivity index (χ2v) is 4.65. The van der Waals surface area contributed by atoms with Crippen LogP contribution >= 0.6 is 0 Å². The largest absolute Gasteiger partial charge is 0.384 e. The van der Waals surface area contributed by atoms with Gasteiger partial charge in [-0.3, -0.25) is 9.78 Å². The Morgan fingerprint density at radius 2 is 2.10 bits per heavy atom. The lowest BCUT2D eigenvalue weighted by atomic mass is 10.0. The van der Waals surface area contributed by atoms with Crippen molar-refractivity contribution >= 4 is 11.6 Å². The fourth-order valence-electron chi connectivity index (χ4n) is 1.83. The van der Waals surface area contributed by atoms with Crippen molar-refractivity contribution in [3.8, 4) is 11.8 Å². The van der Waals surface area contributed by atoms with Crippen molar-refractivity contribution in [2.24, 2.45) is 0 Å². The first-order valence-corrected chi connectivity index (χ1v) is 6.54. The molecule has 0 radical (unpaired) electrons. The third-order valence-corrected chi connectivity index (χ3v) is 2.89. The molecule has 4 nitrogen and oxygen atoms in total. The maximum absolute atomic E-state index is 12.4. The number of nitrogens with zero attached hydrogens (tertiary/aromatic N) is 1. The maximum atomic E-state index is 12.4. The third kappa shape index (κ3) is 3.91. The molecule has 2 rings (SSSR count). The summed E-state index contributed by atoms with van der Waals surface area (Å²) in [6.07, 6.45) is 1.61. The van der Waals surface area contributed by atoms with E-state index in [1.807, 2.05) is 26.0 Å². The normalized spacial score (nSPS) is 9.67. The van der Waals surface area contributed by atoms with E-state index in [-0.39, 0.29) is 12.5 Å². The molecular formula is C17H16N2O2. The van der Waals surface area contributed by atoms with E-state index in [0.29, 0.717) is 16.8 Å². The molecule has 0 atom stereocenters. The van der Waals surface area contributed by atoms with Crippen LogP contribution in [0, 0.1) is 25.7 Å². The van der Waals surface area contributed by atoms with Crippen molar-refractivity contribution in [3.05, 3.63) is 58.9 Å². The van der Waals surface area contributed by atoms with E-state index >= 15 is 0 Å². The quantitative estimate of drug-likeness (QED) is 0.830. The van der Waals surface area contributed by atoms with Crippen LogP contribution in [-0.2, 0) is 0 Å². The fraction of sp³-hybridized carbons (Fsp3) is 0.176. The number of carbonyl (C=O) groups excluding carboxylic acids is 1. The Morgan fingerprint density at radius 3 is 2.76 bits per heavy atom. The number of aliphatic hydroxyl groups excluding tert-OH is 1. The number of rotatable bonds is 2. The molecule has 0 aliphatic heterocycles. The standard InChI is InChI=1S/C17H16N2O2/c1-12-5-7-14(4-3-9-20)16(10-12)17(21)19-15-8-6-13(2)18-11-15/h5-8,10-11,20H,9H2,1-2H3,(H,19,21). The van der Waals surface area contributed by atoms with Gasteiger partial charge >= 0.3 is 0 Å². The molecule has 0 saturated carbocycles. The third-order valence-electron chi connectivity index (χ3n) is 2.89. The highest BCUT2D eigenvalue weighted by Crippen LogP contribution is 2.14. The average Bonchev–Trinajstić information content (AvgIpc) is 2.48. The molecule has 0 unspecified atom stereocenters. The summed E-state index contributed by atoms with van der Waals surface area (Å²) in [5.74, 6) is 5.11. The van der Waals surface area contributed by atoms with E-state index in [1.54, 1.807) is 24.4 Å². The second-order valence-electron chi connectivity index (χ2n) is 4.65. The van der Waals surface area contributed by atoms with Crippen LogP contribution in [0.1, 0.15) is 27.2 Å². The summed E-state index contributed by atoms with van der Waals surface area (Å²) in [5, 5.41) is 11.6. The van der Waals surface area contributed by atoms with Gasteiger partial charge in [-0.1, -0.05) is 23.5 Å². The molecule has 1 aromatic carbocycles. The van der Waals surface area contributed by atoms with E-state index in [2.05, 4.69) is 22.1 Å². The highest BCUT2D eigenvalue weighted by molar-refractivity contribution is 6.06. The number of aliphatic hydroxyl groups is 1. The van der Waals surface area contributed by atoms with Gasteiger partial charge in [0.1, 0.15) is 6.61 Å². The smallest absolute Gasteiger partial charge is 0.256 e. The Hall–Kier alpha value is -2.64. The number of aryl methyl sites for hydroxylation is 2. The van der Waals surface area contributed by atoms with Gasteiger partial charge < -0.3 is 10.4 Å². The monoisotopic (exact) mass is 280 g/mol. The molecule has 4 heteroatoms. The number of aromatic nitrogens is 1. The molecule has 2 aromatic rings. The predicted molar refractivity (Wildman–Crippen MR) is 82.1 cm³/mol. The van der Waals surface area contributed by atoms with Gasteiger partial charge in [-0.25, -0.2) is 0 Å². The lowest BCUT2D eigenvalue weighted by Crippen LogP contribution is -2.14. The molecule has 1 amide bonds. The lowest BCUT2D eigenvalue weighted by Gasteiger charge is -2.08.